The standard InChI is InChI=1S/C36H68O2/c1-2-3-4-5-6-7-8-9-10-11-12-13-14-15-16-17-18-19-20-21-22-23-24-25-26-27-28-29-30-31-32-33-34-35-36(37)38/h8-9,11-12H,2-7,10,13-35H2,1H3,(H,37,38)/b9-8-,12-11-. The third-order valence-corrected chi connectivity index (χ3v) is 7.84. The predicted octanol–water partition coefficient (Wildman–Crippen LogP) is 12.9. The van der Waals surface area contributed by atoms with E-state index in [-0.39, 0.29) is 0 Å². The lowest BCUT2D eigenvalue weighted by atomic mass is 10.0. The van der Waals surface area contributed by atoms with Gasteiger partial charge in [0, 0.05) is 6.42 Å². The summed E-state index contributed by atoms with van der Waals surface area (Å²) in [4.78, 5) is 10.5. The third kappa shape index (κ3) is 35.0. The Morgan fingerprint density at radius 3 is 1.03 bits per heavy atom. The molecule has 38 heavy (non-hydrogen) atoms. The second-order valence-corrected chi connectivity index (χ2v) is 11.7. The maximum atomic E-state index is 10.5. The highest BCUT2D eigenvalue weighted by atomic mass is 16.4. The molecule has 0 aromatic heterocycles. The van der Waals surface area contributed by atoms with Crippen LogP contribution in [-0.4, -0.2) is 11.1 Å². The fraction of sp³-hybridized carbons (Fsp3) is 0.861. The van der Waals surface area contributed by atoms with Crippen LogP contribution in [0.25, 0.3) is 0 Å². The van der Waals surface area contributed by atoms with Gasteiger partial charge in [-0.3, -0.25) is 4.79 Å². The van der Waals surface area contributed by atoms with Gasteiger partial charge in [0.15, 0.2) is 0 Å². The van der Waals surface area contributed by atoms with Gasteiger partial charge in [0.25, 0.3) is 0 Å². The van der Waals surface area contributed by atoms with E-state index in [1.807, 2.05) is 0 Å². The van der Waals surface area contributed by atoms with Crippen LogP contribution in [-0.2, 0) is 4.79 Å². The zero-order valence-corrected chi connectivity index (χ0v) is 25.9. The van der Waals surface area contributed by atoms with Crippen LogP contribution in [0.5, 0.6) is 0 Å². The van der Waals surface area contributed by atoms with Gasteiger partial charge in [-0.2, -0.15) is 0 Å². The largest absolute Gasteiger partial charge is 0.481 e. The zero-order chi connectivity index (χ0) is 27.6. The van der Waals surface area contributed by atoms with E-state index in [0.29, 0.717) is 6.42 Å². The van der Waals surface area contributed by atoms with Crippen LogP contribution in [0, 0.1) is 0 Å². The fourth-order valence-electron chi connectivity index (χ4n) is 5.27. The fourth-order valence-corrected chi connectivity index (χ4v) is 5.27. The van der Waals surface area contributed by atoms with Gasteiger partial charge in [-0.05, 0) is 38.5 Å². The summed E-state index contributed by atoms with van der Waals surface area (Å²) in [5.41, 5.74) is 0. The van der Waals surface area contributed by atoms with E-state index in [4.69, 9.17) is 5.11 Å². The van der Waals surface area contributed by atoms with Crippen LogP contribution in [0.4, 0.5) is 0 Å². The number of unbranched alkanes of at least 4 members (excludes halogenated alkanes) is 26. The molecule has 0 spiro atoms. The Morgan fingerprint density at radius 1 is 0.421 bits per heavy atom. The number of hydrogen-bond acceptors (Lipinski definition) is 1. The monoisotopic (exact) mass is 533 g/mol. The Labute approximate surface area is 239 Å². The normalized spacial score (nSPS) is 11.8. The average Bonchev–Trinajstić information content (AvgIpc) is 2.91. The lowest BCUT2D eigenvalue weighted by Crippen LogP contribution is -1.93. The Kier molecular flexibility index (Phi) is 33.0. The first-order valence-electron chi connectivity index (χ1n) is 17.3. The summed E-state index contributed by atoms with van der Waals surface area (Å²) >= 11 is 0. The third-order valence-electron chi connectivity index (χ3n) is 7.84. The molecule has 0 unspecified atom stereocenters. The van der Waals surface area contributed by atoms with Crippen LogP contribution in [0.2, 0.25) is 0 Å². The summed E-state index contributed by atoms with van der Waals surface area (Å²) in [6, 6.07) is 0. The molecule has 0 amide bonds. The minimum atomic E-state index is -0.650. The van der Waals surface area contributed by atoms with E-state index < -0.39 is 5.97 Å². The quantitative estimate of drug-likeness (QED) is 0.0690. The summed E-state index contributed by atoms with van der Waals surface area (Å²) < 4.78 is 0. The molecule has 0 aliphatic rings. The molecule has 0 radical (unpaired) electrons. The molecule has 0 rings (SSSR count). The topological polar surface area (TPSA) is 37.3 Å². The van der Waals surface area contributed by atoms with Crippen molar-refractivity contribution in [2.45, 2.75) is 200 Å². The zero-order valence-electron chi connectivity index (χ0n) is 25.9. The predicted molar refractivity (Wildman–Crippen MR) is 170 cm³/mol. The molecule has 0 saturated carbocycles. The van der Waals surface area contributed by atoms with Crippen molar-refractivity contribution >= 4 is 5.97 Å². The number of carbonyl (C=O) groups is 1. The lowest BCUT2D eigenvalue weighted by molar-refractivity contribution is -0.137. The molecule has 0 aliphatic carbocycles. The smallest absolute Gasteiger partial charge is 0.303 e. The van der Waals surface area contributed by atoms with Gasteiger partial charge >= 0.3 is 5.97 Å². The maximum Gasteiger partial charge on any atom is 0.303 e. The van der Waals surface area contributed by atoms with Crippen molar-refractivity contribution in [3.05, 3.63) is 24.3 Å². The first-order valence-corrected chi connectivity index (χ1v) is 17.3. The van der Waals surface area contributed by atoms with E-state index in [1.54, 1.807) is 0 Å². The minimum Gasteiger partial charge on any atom is -0.481 e. The molecule has 0 aliphatic heterocycles. The van der Waals surface area contributed by atoms with Crippen molar-refractivity contribution in [1.82, 2.24) is 0 Å². The molecule has 2 heteroatoms. The molecule has 0 fully saturated rings. The molecule has 0 atom stereocenters. The van der Waals surface area contributed by atoms with Gasteiger partial charge in [-0.1, -0.05) is 179 Å². The molecule has 0 heterocycles. The molecular weight excluding hydrogens is 464 g/mol. The van der Waals surface area contributed by atoms with Gasteiger partial charge in [0.2, 0.25) is 0 Å². The van der Waals surface area contributed by atoms with E-state index in [2.05, 4.69) is 31.2 Å². The van der Waals surface area contributed by atoms with E-state index in [0.717, 1.165) is 19.3 Å². The highest BCUT2D eigenvalue weighted by Crippen LogP contribution is 2.15. The lowest BCUT2D eigenvalue weighted by Gasteiger charge is -2.04. The molecule has 2 nitrogen and oxygen atoms in total. The van der Waals surface area contributed by atoms with Crippen molar-refractivity contribution < 1.29 is 9.90 Å². The van der Waals surface area contributed by atoms with Gasteiger partial charge < -0.3 is 5.11 Å². The molecule has 0 saturated heterocycles. The Morgan fingerprint density at radius 2 is 0.711 bits per heavy atom. The van der Waals surface area contributed by atoms with Crippen molar-refractivity contribution in [2.75, 3.05) is 0 Å². The second kappa shape index (κ2) is 34.0. The number of carboxylic acids is 1. The summed E-state index contributed by atoms with van der Waals surface area (Å²) in [6.07, 6.45) is 48.9. The van der Waals surface area contributed by atoms with Crippen molar-refractivity contribution in [3.8, 4) is 0 Å². The van der Waals surface area contributed by atoms with Crippen molar-refractivity contribution in [2.24, 2.45) is 0 Å². The Balaban J connectivity index is 3.11. The SMILES string of the molecule is CCCCCCC/C=C\C/C=C\CCCCCCCCCCCCCCCCCCCCCCCC(=O)O. The van der Waals surface area contributed by atoms with Gasteiger partial charge in [-0.25, -0.2) is 0 Å². The van der Waals surface area contributed by atoms with E-state index in [1.165, 1.54) is 167 Å². The number of allylic oxidation sites excluding steroid dienone is 4. The first kappa shape index (κ1) is 37.0. The van der Waals surface area contributed by atoms with Crippen molar-refractivity contribution in [1.29, 1.82) is 0 Å². The van der Waals surface area contributed by atoms with E-state index in [9.17, 15) is 4.79 Å². The highest BCUT2D eigenvalue weighted by Gasteiger charge is 1.97. The number of hydrogen-bond donors (Lipinski definition) is 1. The molecule has 0 bridgehead atoms. The second-order valence-electron chi connectivity index (χ2n) is 11.7. The van der Waals surface area contributed by atoms with Gasteiger partial charge in [0.05, 0.1) is 0 Å². The van der Waals surface area contributed by atoms with Crippen LogP contribution in [0.15, 0.2) is 24.3 Å². The van der Waals surface area contributed by atoms with Gasteiger partial charge in [0.1, 0.15) is 0 Å². The van der Waals surface area contributed by atoms with Crippen LogP contribution in [0.3, 0.4) is 0 Å². The van der Waals surface area contributed by atoms with Crippen LogP contribution < -0.4 is 0 Å². The summed E-state index contributed by atoms with van der Waals surface area (Å²) in [5, 5.41) is 8.63. The molecule has 224 valence electrons. The van der Waals surface area contributed by atoms with Crippen molar-refractivity contribution in [3.63, 3.8) is 0 Å². The molecule has 0 aromatic carbocycles. The van der Waals surface area contributed by atoms with Crippen LogP contribution in [0.1, 0.15) is 200 Å². The van der Waals surface area contributed by atoms with Crippen LogP contribution >= 0.6 is 0 Å². The highest BCUT2D eigenvalue weighted by molar-refractivity contribution is 5.66. The molecule has 0 aromatic rings. The van der Waals surface area contributed by atoms with E-state index >= 15 is 0 Å². The van der Waals surface area contributed by atoms with Gasteiger partial charge in [-0.15, -0.1) is 0 Å². The summed E-state index contributed by atoms with van der Waals surface area (Å²) in [5.74, 6) is -0.650. The summed E-state index contributed by atoms with van der Waals surface area (Å²) in [7, 11) is 0. The molecule has 1 N–H and O–H groups in total. The summed E-state index contributed by atoms with van der Waals surface area (Å²) in [6.45, 7) is 2.28. The minimum absolute atomic E-state index is 0.344. The Bertz CT molecular complexity index is 507. The Hall–Kier alpha value is -1.05. The average molecular weight is 533 g/mol. The first-order chi connectivity index (χ1) is 18.8. The number of carboxylic acid groups (broad SMARTS) is 1. The maximum absolute atomic E-state index is 10.5. The number of aliphatic carboxylic acids is 1. The number of rotatable bonds is 32. The molecular formula is C36H68O2.